The van der Waals surface area contributed by atoms with Gasteiger partial charge in [-0.1, -0.05) is 30.0 Å². The predicted molar refractivity (Wildman–Crippen MR) is 75.6 cm³/mol. The summed E-state index contributed by atoms with van der Waals surface area (Å²) in [5.74, 6) is -0.832. The minimum absolute atomic E-state index is 0.500. The molecule has 0 spiro atoms. The first-order chi connectivity index (χ1) is 8.60. The van der Waals surface area contributed by atoms with E-state index in [0.29, 0.717) is 4.34 Å². The number of carboxylic acid groups (broad SMARTS) is 1. The Labute approximate surface area is 117 Å². The number of rotatable bonds is 5. The first-order valence-electron chi connectivity index (χ1n) is 5.42. The van der Waals surface area contributed by atoms with Gasteiger partial charge in [0.15, 0.2) is 9.35 Å². The average Bonchev–Trinajstić information content (AvgIpc) is 2.96. The van der Waals surface area contributed by atoms with E-state index in [1.54, 1.807) is 18.3 Å². The molecule has 0 radical (unpaired) electrons. The van der Waals surface area contributed by atoms with Gasteiger partial charge in [0.1, 0.15) is 5.25 Å². The molecular formula is C11H12N2O2S3. The van der Waals surface area contributed by atoms with Crippen LogP contribution in [-0.2, 0) is 11.2 Å². The Kier molecular flexibility index (Phi) is 4.36. The van der Waals surface area contributed by atoms with E-state index in [1.807, 2.05) is 6.07 Å². The van der Waals surface area contributed by atoms with E-state index in [0.717, 1.165) is 16.3 Å². The Hall–Kier alpha value is -0.920. The number of carboxylic acids is 1. The van der Waals surface area contributed by atoms with Gasteiger partial charge in [-0.3, -0.25) is 4.79 Å². The SMILES string of the molecule is CCc1ccc(-c2nnc(SC(C)C(=O)O)s2)s1. The van der Waals surface area contributed by atoms with E-state index < -0.39 is 11.2 Å². The number of carbonyl (C=O) groups is 1. The Morgan fingerprint density at radius 2 is 2.22 bits per heavy atom. The molecule has 96 valence electrons. The molecule has 2 aromatic rings. The third-order valence-electron chi connectivity index (χ3n) is 2.25. The minimum atomic E-state index is -0.832. The maximum atomic E-state index is 10.8. The molecule has 0 aliphatic heterocycles. The summed E-state index contributed by atoms with van der Waals surface area (Å²) in [6, 6.07) is 4.13. The van der Waals surface area contributed by atoms with Crippen LogP contribution in [0.25, 0.3) is 9.88 Å². The highest BCUT2D eigenvalue weighted by molar-refractivity contribution is 8.02. The highest BCUT2D eigenvalue weighted by atomic mass is 32.2. The van der Waals surface area contributed by atoms with Crippen molar-refractivity contribution in [2.24, 2.45) is 0 Å². The van der Waals surface area contributed by atoms with Crippen molar-refractivity contribution in [3.05, 3.63) is 17.0 Å². The van der Waals surface area contributed by atoms with Crippen LogP contribution in [0.2, 0.25) is 0 Å². The molecule has 2 rings (SSSR count). The molecule has 0 saturated carbocycles. The van der Waals surface area contributed by atoms with Crippen LogP contribution in [0.3, 0.4) is 0 Å². The summed E-state index contributed by atoms with van der Waals surface area (Å²) in [6.45, 7) is 3.76. The summed E-state index contributed by atoms with van der Waals surface area (Å²) in [4.78, 5) is 13.2. The minimum Gasteiger partial charge on any atom is -0.480 e. The molecule has 0 saturated heterocycles. The van der Waals surface area contributed by atoms with Gasteiger partial charge in [0, 0.05) is 4.88 Å². The van der Waals surface area contributed by atoms with Crippen LogP contribution in [0.1, 0.15) is 18.7 Å². The molecule has 0 aliphatic carbocycles. The second-order valence-corrected chi connectivity index (χ2v) is 7.32. The molecule has 2 heterocycles. The van der Waals surface area contributed by atoms with Crippen molar-refractivity contribution in [2.75, 3.05) is 0 Å². The summed E-state index contributed by atoms with van der Waals surface area (Å²) in [7, 11) is 0. The smallest absolute Gasteiger partial charge is 0.316 e. The summed E-state index contributed by atoms with van der Waals surface area (Å²) >= 11 is 4.38. The normalized spacial score (nSPS) is 12.6. The lowest BCUT2D eigenvalue weighted by atomic mass is 10.4. The zero-order valence-electron chi connectivity index (χ0n) is 9.91. The van der Waals surface area contributed by atoms with Gasteiger partial charge in [0.2, 0.25) is 0 Å². The Morgan fingerprint density at radius 3 is 2.83 bits per heavy atom. The molecule has 2 aromatic heterocycles. The number of hydrogen-bond acceptors (Lipinski definition) is 6. The van der Waals surface area contributed by atoms with Crippen LogP contribution in [0, 0.1) is 0 Å². The number of aryl methyl sites for hydroxylation is 1. The molecule has 0 fully saturated rings. The quantitative estimate of drug-likeness (QED) is 0.857. The van der Waals surface area contributed by atoms with Crippen LogP contribution in [0.4, 0.5) is 0 Å². The molecule has 1 N–H and O–H groups in total. The van der Waals surface area contributed by atoms with Gasteiger partial charge >= 0.3 is 5.97 Å². The molecular weight excluding hydrogens is 288 g/mol. The highest BCUT2D eigenvalue weighted by Crippen LogP contribution is 2.35. The third kappa shape index (κ3) is 3.09. The van der Waals surface area contributed by atoms with Gasteiger partial charge in [0.25, 0.3) is 0 Å². The molecule has 4 nitrogen and oxygen atoms in total. The lowest BCUT2D eigenvalue weighted by Crippen LogP contribution is -2.10. The number of nitrogens with zero attached hydrogens (tertiary/aromatic N) is 2. The molecule has 0 bridgehead atoms. The first-order valence-corrected chi connectivity index (χ1v) is 7.93. The van der Waals surface area contributed by atoms with Crippen LogP contribution in [-0.4, -0.2) is 26.5 Å². The van der Waals surface area contributed by atoms with Crippen molar-refractivity contribution >= 4 is 40.4 Å². The second kappa shape index (κ2) is 5.81. The number of thiophene rings is 1. The molecule has 0 aromatic carbocycles. The lowest BCUT2D eigenvalue weighted by Gasteiger charge is -1.99. The van der Waals surface area contributed by atoms with Crippen molar-refractivity contribution < 1.29 is 9.90 Å². The van der Waals surface area contributed by atoms with Crippen molar-refractivity contribution in [1.82, 2.24) is 10.2 Å². The largest absolute Gasteiger partial charge is 0.480 e. The fourth-order valence-corrected chi connectivity index (χ4v) is 4.17. The van der Waals surface area contributed by atoms with Gasteiger partial charge in [-0.25, -0.2) is 0 Å². The van der Waals surface area contributed by atoms with Crippen LogP contribution in [0.5, 0.6) is 0 Å². The summed E-state index contributed by atoms with van der Waals surface area (Å²) in [5, 5.41) is 17.3. The molecule has 1 atom stereocenters. The third-order valence-corrected chi connectivity index (χ3v) is 5.75. The second-order valence-electron chi connectivity index (χ2n) is 3.59. The van der Waals surface area contributed by atoms with E-state index in [9.17, 15) is 4.79 Å². The van der Waals surface area contributed by atoms with Gasteiger partial charge in [-0.05, 0) is 25.5 Å². The fraction of sp³-hybridized carbons (Fsp3) is 0.364. The summed E-state index contributed by atoms with van der Waals surface area (Å²) < 4.78 is 0.700. The van der Waals surface area contributed by atoms with E-state index in [1.165, 1.54) is 28.0 Å². The van der Waals surface area contributed by atoms with Gasteiger partial charge < -0.3 is 5.11 Å². The zero-order valence-corrected chi connectivity index (χ0v) is 12.4. The fourth-order valence-electron chi connectivity index (χ4n) is 1.24. The van der Waals surface area contributed by atoms with Crippen LogP contribution in [0.15, 0.2) is 16.5 Å². The summed E-state index contributed by atoms with van der Waals surface area (Å²) in [5.41, 5.74) is 0. The lowest BCUT2D eigenvalue weighted by molar-refractivity contribution is -0.136. The Morgan fingerprint density at radius 1 is 1.44 bits per heavy atom. The van der Waals surface area contributed by atoms with Crippen molar-refractivity contribution in [3.8, 4) is 9.88 Å². The Balaban J connectivity index is 2.12. The van der Waals surface area contributed by atoms with E-state index in [4.69, 9.17) is 5.11 Å². The standard InChI is InChI=1S/C11H12N2O2S3/c1-3-7-4-5-8(17-7)9-12-13-11(18-9)16-6(2)10(14)15/h4-6H,3H2,1-2H3,(H,14,15). The highest BCUT2D eigenvalue weighted by Gasteiger charge is 2.16. The number of thioether (sulfide) groups is 1. The molecule has 7 heteroatoms. The molecule has 18 heavy (non-hydrogen) atoms. The first kappa shape index (κ1) is 13.5. The summed E-state index contributed by atoms with van der Waals surface area (Å²) in [6.07, 6.45) is 1.02. The Bertz CT molecular complexity index is 550. The molecule has 0 aliphatic rings. The van der Waals surface area contributed by atoms with Gasteiger partial charge in [0.05, 0.1) is 4.88 Å². The van der Waals surface area contributed by atoms with Crippen LogP contribution >= 0.6 is 34.4 Å². The topological polar surface area (TPSA) is 63.1 Å². The van der Waals surface area contributed by atoms with Gasteiger partial charge in [-0.2, -0.15) is 0 Å². The van der Waals surface area contributed by atoms with Crippen molar-refractivity contribution in [1.29, 1.82) is 0 Å². The van der Waals surface area contributed by atoms with Crippen molar-refractivity contribution in [2.45, 2.75) is 29.9 Å². The molecule has 1 unspecified atom stereocenters. The van der Waals surface area contributed by atoms with Gasteiger partial charge in [-0.15, -0.1) is 21.5 Å². The number of aliphatic carboxylic acids is 1. The predicted octanol–water partition coefficient (Wildman–Crippen LogP) is 3.39. The van der Waals surface area contributed by atoms with E-state index >= 15 is 0 Å². The van der Waals surface area contributed by atoms with Crippen LogP contribution < -0.4 is 0 Å². The van der Waals surface area contributed by atoms with E-state index in [-0.39, 0.29) is 0 Å². The maximum Gasteiger partial charge on any atom is 0.316 e. The van der Waals surface area contributed by atoms with E-state index in [2.05, 4.69) is 23.2 Å². The number of hydrogen-bond donors (Lipinski definition) is 1. The monoisotopic (exact) mass is 300 g/mol. The average molecular weight is 300 g/mol. The van der Waals surface area contributed by atoms with Crippen molar-refractivity contribution in [3.63, 3.8) is 0 Å². The maximum absolute atomic E-state index is 10.8. The number of aromatic nitrogens is 2. The molecule has 0 amide bonds. The zero-order chi connectivity index (χ0) is 13.1.